The number of ether oxygens (including phenoxy) is 1. The van der Waals surface area contributed by atoms with E-state index in [9.17, 15) is 17.2 Å². The van der Waals surface area contributed by atoms with Crippen LogP contribution in [0, 0.1) is 11.6 Å². The largest absolute Gasteiger partial charge is 0.495 e. The molecule has 0 radical (unpaired) electrons. The molecule has 1 aliphatic heterocycles. The summed E-state index contributed by atoms with van der Waals surface area (Å²) < 4.78 is 68.2. The Balaban J connectivity index is 1.67. The van der Waals surface area contributed by atoms with Crippen molar-refractivity contribution in [2.24, 2.45) is 0 Å². The number of hydrogen-bond donors (Lipinski definition) is 2. The van der Waals surface area contributed by atoms with Gasteiger partial charge in [0, 0.05) is 30.9 Å². The first kappa shape index (κ1) is 23.1. The van der Waals surface area contributed by atoms with Crippen molar-refractivity contribution in [2.45, 2.75) is 30.8 Å². The first-order valence-corrected chi connectivity index (χ1v) is 11.9. The predicted molar refractivity (Wildman–Crippen MR) is 122 cm³/mol. The molecule has 176 valence electrons. The molecule has 1 saturated heterocycles. The second-order valence-corrected chi connectivity index (χ2v) is 9.75. The maximum absolute atomic E-state index is 14.8. The maximum atomic E-state index is 14.8. The maximum Gasteiger partial charge on any atom is 0.265 e. The summed E-state index contributed by atoms with van der Waals surface area (Å²) in [7, 11) is -3.06. The fraction of sp³-hybridized carbons (Fsp3) is 0.304. The topological polar surface area (TPSA) is 83.8 Å². The van der Waals surface area contributed by atoms with E-state index in [4.69, 9.17) is 9.15 Å². The van der Waals surface area contributed by atoms with Gasteiger partial charge in [-0.2, -0.15) is 0 Å². The van der Waals surface area contributed by atoms with Crippen molar-refractivity contribution < 1.29 is 26.4 Å². The second kappa shape index (κ2) is 9.03. The molecular weight excluding hydrogens is 452 g/mol. The molecular formula is C23H25F2N3O4S. The summed E-state index contributed by atoms with van der Waals surface area (Å²) in [5, 5.41) is 3.44. The lowest BCUT2D eigenvalue weighted by Crippen LogP contribution is -2.54. The van der Waals surface area contributed by atoms with Crippen molar-refractivity contribution in [1.29, 1.82) is 0 Å². The van der Waals surface area contributed by atoms with E-state index in [1.165, 1.54) is 25.5 Å². The van der Waals surface area contributed by atoms with Crippen molar-refractivity contribution in [1.82, 2.24) is 5.32 Å². The van der Waals surface area contributed by atoms with Gasteiger partial charge in [-0.3, -0.25) is 4.72 Å². The molecule has 2 unspecified atom stereocenters. The van der Waals surface area contributed by atoms with E-state index >= 15 is 0 Å². The zero-order valence-corrected chi connectivity index (χ0v) is 19.2. The molecule has 1 aromatic heterocycles. The minimum atomic E-state index is -4.46. The van der Waals surface area contributed by atoms with Crippen LogP contribution in [-0.2, 0) is 10.0 Å². The van der Waals surface area contributed by atoms with Crippen LogP contribution in [0.15, 0.2) is 58.0 Å². The van der Waals surface area contributed by atoms with Crippen LogP contribution >= 0.6 is 0 Å². The van der Waals surface area contributed by atoms with Gasteiger partial charge in [0.1, 0.15) is 28.0 Å². The number of nitrogens with one attached hydrogen (secondary N) is 2. The van der Waals surface area contributed by atoms with E-state index in [2.05, 4.69) is 28.8 Å². The Hall–Kier alpha value is -3.11. The Bertz CT molecular complexity index is 1240. The Morgan fingerprint density at radius 2 is 1.82 bits per heavy atom. The van der Waals surface area contributed by atoms with Crippen molar-refractivity contribution in [2.75, 3.05) is 29.8 Å². The smallest absolute Gasteiger partial charge is 0.265 e. The summed E-state index contributed by atoms with van der Waals surface area (Å²) in [5.41, 5.74) is 0.746. The summed E-state index contributed by atoms with van der Waals surface area (Å²) in [6.07, 6.45) is 1.32. The molecule has 2 aromatic carbocycles. The highest BCUT2D eigenvalue weighted by molar-refractivity contribution is 7.92. The zero-order chi connectivity index (χ0) is 23.8. The number of furan rings is 1. The van der Waals surface area contributed by atoms with Gasteiger partial charge in [-0.05, 0) is 56.3 Å². The lowest BCUT2D eigenvalue weighted by molar-refractivity contribution is 0.406. The fourth-order valence-corrected chi connectivity index (χ4v) is 5.20. The van der Waals surface area contributed by atoms with E-state index in [-0.39, 0.29) is 34.8 Å². The minimum Gasteiger partial charge on any atom is -0.495 e. The number of halogens is 2. The Kier molecular flexibility index (Phi) is 6.31. The molecule has 4 rings (SSSR count). The van der Waals surface area contributed by atoms with Crippen LogP contribution in [0.3, 0.4) is 0 Å². The average Bonchev–Trinajstić information content (AvgIpc) is 3.28. The lowest BCUT2D eigenvalue weighted by Gasteiger charge is -2.38. The lowest BCUT2D eigenvalue weighted by atomic mass is 10.1. The number of nitrogens with zero attached hydrogens (tertiary/aromatic N) is 1. The molecule has 0 spiro atoms. The first-order valence-electron chi connectivity index (χ1n) is 10.4. The summed E-state index contributed by atoms with van der Waals surface area (Å²) >= 11 is 0. The monoisotopic (exact) mass is 477 g/mol. The molecule has 2 atom stereocenters. The summed E-state index contributed by atoms with van der Waals surface area (Å²) in [6, 6.07) is 10.0. The van der Waals surface area contributed by atoms with Crippen molar-refractivity contribution in [3.63, 3.8) is 0 Å². The van der Waals surface area contributed by atoms with E-state index in [1.54, 1.807) is 12.1 Å². The van der Waals surface area contributed by atoms with E-state index in [1.807, 2.05) is 6.07 Å². The standard InChI is InChI=1S/C23H25F2N3O4S/c1-14-12-28(13-15(2)26-14)16-6-7-22(31-3)20(9-16)27-33(29,30)23-11-18(24)17(10-19(23)25)21-5-4-8-32-21/h4-11,14-15,26-27H,12-13H2,1-3H3. The SMILES string of the molecule is COc1ccc(N2CC(C)NC(C)C2)cc1NS(=O)(=O)c1cc(F)c(-c2ccco2)cc1F. The number of anilines is 2. The van der Waals surface area contributed by atoms with Crippen molar-refractivity contribution >= 4 is 21.4 Å². The Morgan fingerprint density at radius 3 is 2.45 bits per heavy atom. The van der Waals surface area contributed by atoms with Crippen LogP contribution in [0.1, 0.15) is 13.8 Å². The normalized spacial score (nSPS) is 18.9. The van der Waals surface area contributed by atoms with Gasteiger partial charge < -0.3 is 19.4 Å². The van der Waals surface area contributed by atoms with Gasteiger partial charge in [0.05, 0.1) is 24.6 Å². The number of sulfonamides is 1. The minimum absolute atomic E-state index is 0.0946. The molecule has 2 N–H and O–H groups in total. The Labute approximate surface area is 191 Å². The van der Waals surface area contributed by atoms with Crippen LogP contribution in [-0.4, -0.2) is 40.7 Å². The van der Waals surface area contributed by atoms with Gasteiger partial charge in [0.15, 0.2) is 0 Å². The highest BCUT2D eigenvalue weighted by Gasteiger charge is 2.26. The third kappa shape index (κ3) is 4.81. The summed E-state index contributed by atoms with van der Waals surface area (Å²) in [4.78, 5) is 1.31. The molecule has 1 aliphatic rings. The van der Waals surface area contributed by atoms with Gasteiger partial charge in [0.25, 0.3) is 10.0 Å². The zero-order valence-electron chi connectivity index (χ0n) is 18.4. The molecule has 10 heteroatoms. The van der Waals surface area contributed by atoms with E-state index in [0.29, 0.717) is 6.07 Å². The number of benzene rings is 2. The van der Waals surface area contributed by atoms with Gasteiger partial charge in [-0.1, -0.05) is 0 Å². The van der Waals surface area contributed by atoms with Crippen LogP contribution in [0.4, 0.5) is 20.2 Å². The summed E-state index contributed by atoms with van der Waals surface area (Å²) in [6.45, 7) is 5.60. The molecule has 0 aliphatic carbocycles. The van der Waals surface area contributed by atoms with Gasteiger partial charge >= 0.3 is 0 Å². The molecule has 33 heavy (non-hydrogen) atoms. The number of piperazine rings is 1. The number of rotatable bonds is 6. The predicted octanol–water partition coefficient (Wildman–Crippen LogP) is 4.22. The average molecular weight is 478 g/mol. The van der Waals surface area contributed by atoms with Crippen LogP contribution < -0.4 is 19.7 Å². The molecule has 0 saturated carbocycles. The van der Waals surface area contributed by atoms with E-state index < -0.39 is 26.6 Å². The van der Waals surface area contributed by atoms with Crippen LogP contribution in [0.25, 0.3) is 11.3 Å². The van der Waals surface area contributed by atoms with Crippen LogP contribution in [0.2, 0.25) is 0 Å². The van der Waals surface area contributed by atoms with Crippen LogP contribution in [0.5, 0.6) is 5.75 Å². The van der Waals surface area contributed by atoms with Crippen molar-refractivity contribution in [3.8, 4) is 17.1 Å². The highest BCUT2D eigenvalue weighted by Crippen LogP contribution is 2.34. The molecule has 0 bridgehead atoms. The number of methoxy groups -OCH3 is 1. The van der Waals surface area contributed by atoms with Gasteiger partial charge in [0.2, 0.25) is 0 Å². The third-order valence-corrected chi connectivity index (χ3v) is 6.83. The molecule has 0 amide bonds. The quantitative estimate of drug-likeness (QED) is 0.553. The summed E-state index contributed by atoms with van der Waals surface area (Å²) in [5.74, 6) is -1.67. The Morgan fingerprint density at radius 1 is 1.09 bits per heavy atom. The second-order valence-electron chi connectivity index (χ2n) is 8.10. The fourth-order valence-electron chi connectivity index (χ4n) is 4.06. The van der Waals surface area contributed by atoms with Gasteiger partial charge in [-0.25, -0.2) is 17.2 Å². The van der Waals surface area contributed by atoms with Gasteiger partial charge in [-0.15, -0.1) is 0 Å². The first-order chi connectivity index (χ1) is 15.7. The third-order valence-electron chi connectivity index (χ3n) is 5.45. The molecule has 3 aromatic rings. The highest BCUT2D eigenvalue weighted by atomic mass is 32.2. The molecule has 7 nitrogen and oxygen atoms in total. The van der Waals surface area contributed by atoms with Crippen molar-refractivity contribution in [3.05, 3.63) is 60.4 Å². The molecule has 2 heterocycles. The van der Waals surface area contributed by atoms with E-state index in [0.717, 1.165) is 24.8 Å². The number of hydrogen-bond acceptors (Lipinski definition) is 6. The molecule has 1 fully saturated rings.